The van der Waals surface area contributed by atoms with E-state index in [0.717, 1.165) is 36.9 Å². The number of benzene rings is 3. The molecule has 0 atom stereocenters. The average Bonchev–Trinajstić information content (AvgIpc) is 2.69. The maximum atomic E-state index is 5.99. The molecule has 0 spiro atoms. The first-order valence-corrected chi connectivity index (χ1v) is 9.37. The lowest BCUT2D eigenvalue weighted by molar-refractivity contribution is 0.270. The summed E-state index contributed by atoms with van der Waals surface area (Å²) >= 11 is 5.99. The minimum absolute atomic E-state index is 0.780. The van der Waals surface area contributed by atoms with Gasteiger partial charge < -0.3 is 4.90 Å². The molecule has 132 valence electrons. The molecule has 26 heavy (non-hydrogen) atoms. The Bertz CT molecular complexity index is 920. The smallest absolute Gasteiger partial charge is 0.0652 e. The fourth-order valence-corrected chi connectivity index (χ4v) is 3.64. The molecule has 0 radical (unpaired) electrons. The van der Waals surface area contributed by atoms with Crippen LogP contribution in [-0.2, 0) is 0 Å². The highest BCUT2D eigenvalue weighted by molar-refractivity contribution is 6.30. The minimum atomic E-state index is 0.780. The molecular formula is C22H22ClN3. The summed E-state index contributed by atoms with van der Waals surface area (Å²) in [7, 11) is 0. The van der Waals surface area contributed by atoms with Crippen molar-refractivity contribution in [3.63, 3.8) is 0 Å². The van der Waals surface area contributed by atoms with E-state index >= 15 is 0 Å². The molecule has 0 aromatic heterocycles. The van der Waals surface area contributed by atoms with Gasteiger partial charge in [0.2, 0.25) is 0 Å². The van der Waals surface area contributed by atoms with Crippen molar-refractivity contribution in [2.75, 3.05) is 31.1 Å². The SMILES string of the molecule is C/C(=N\N1CCN(c2ccc(Cl)cc2)CC1)c1cccc2ccccc12. The molecule has 1 saturated heterocycles. The topological polar surface area (TPSA) is 18.8 Å². The van der Waals surface area contributed by atoms with Crippen LogP contribution < -0.4 is 4.90 Å². The Labute approximate surface area is 159 Å². The molecule has 1 aliphatic rings. The van der Waals surface area contributed by atoms with Crippen molar-refractivity contribution in [3.05, 3.63) is 77.3 Å². The number of hydrogen-bond donors (Lipinski definition) is 0. The van der Waals surface area contributed by atoms with Gasteiger partial charge in [-0.3, -0.25) is 5.01 Å². The molecule has 0 unspecified atom stereocenters. The lowest BCUT2D eigenvalue weighted by Crippen LogP contribution is -2.44. The Morgan fingerprint density at radius 2 is 1.54 bits per heavy atom. The van der Waals surface area contributed by atoms with Gasteiger partial charge in [0, 0.05) is 29.4 Å². The molecular weight excluding hydrogens is 342 g/mol. The first-order valence-electron chi connectivity index (χ1n) is 8.99. The van der Waals surface area contributed by atoms with Crippen molar-refractivity contribution in [2.45, 2.75) is 6.92 Å². The molecule has 1 aliphatic heterocycles. The Morgan fingerprint density at radius 3 is 2.31 bits per heavy atom. The number of fused-ring (bicyclic) bond motifs is 1. The molecule has 0 N–H and O–H groups in total. The van der Waals surface area contributed by atoms with E-state index in [9.17, 15) is 0 Å². The van der Waals surface area contributed by atoms with E-state index in [-0.39, 0.29) is 0 Å². The number of rotatable bonds is 3. The molecule has 3 nitrogen and oxygen atoms in total. The average molecular weight is 364 g/mol. The van der Waals surface area contributed by atoms with Crippen LogP contribution in [0.4, 0.5) is 5.69 Å². The lowest BCUT2D eigenvalue weighted by Gasteiger charge is -2.35. The Balaban J connectivity index is 1.48. The third-order valence-corrected chi connectivity index (χ3v) is 5.17. The molecule has 4 rings (SSSR count). The number of hydrogen-bond acceptors (Lipinski definition) is 3. The van der Waals surface area contributed by atoms with Crippen molar-refractivity contribution in [1.82, 2.24) is 5.01 Å². The van der Waals surface area contributed by atoms with Gasteiger partial charge in [-0.2, -0.15) is 5.10 Å². The maximum absolute atomic E-state index is 5.99. The van der Waals surface area contributed by atoms with Crippen molar-refractivity contribution in [3.8, 4) is 0 Å². The number of nitrogens with zero attached hydrogens (tertiary/aromatic N) is 3. The van der Waals surface area contributed by atoms with E-state index in [1.807, 2.05) is 12.1 Å². The zero-order valence-corrected chi connectivity index (χ0v) is 15.7. The van der Waals surface area contributed by atoms with Gasteiger partial charge in [-0.15, -0.1) is 0 Å². The van der Waals surface area contributed by atoms with Crippen molar-refractivity contribution >= 4 is 33.8 Å². The van der Waals surface area contributed by atoms with E-state index in [4.69, 9.17) is 16.7 Å². The summed E-state index contributed by atoms with van der Waals surface area (Å²) in [6, 6.07) is 23.0. The second kappa shape index (κ2) is 7.38. The van der Waals surface area contributed by atoms with Gasteiger partial charge in [0.25, 0.3) is 0 Å². The molecule has 1 fully saturated rings. The Morgan fingerprint density at radius 1 is 0.846 bits per heavy atom. The van der Waals surface area contributed by atoms with Crippen LogP contribution >= 0.6 is 11.6 Å². The molecule has 0 saturated carbocycles. The summed E-state index contributed by atoms with van der Waals surface area (Å²) in [6.07, 6.45) is 0. The predicted octanol–water partition coefficient (Wildman–Crippen LogP) is 5.04. The van der Waals surface area contributed by atoms with Gasteiger partial charge in [0.05, 0.1) is 18.8 Å². The lowest BCUT2D eigenvalue weighted by atomic mass is 10.0. The van der Waals surface area contributed by atoms with E-state index in [1.165, 1.54) is 22.0 Å². The van der Waals surface area contributed by atoms with Crippen molar-refractivity contribution in [2.24, 2.45) is 5.10 Å². The highest BCUT2D eigenvalue weighted by atomic mass is 35.5. The van der Waals surface area contributed by atoms with Crippen LogP contribution in [0.2, 0.25) is 5.02 Å². The van der Waals surface area contributed by atoms with Gasteiger partial charge in [0.1, 0.15) is 0 Å². The Hall–Kier alpha value is -2.52. The highest BCUT2D eigenvalue weighted by Crippen LogP contribution is 2.21. The minimum Gasteiger partial charge on any atom is -0.368 e. The van der Waals surface area contributed by atoms with Crippen LogP contribution in [0.3, 0.4) is 0 Å². The van der Waals surface area contributed by atoms with Crippen molar-refractivity contribution in [1.29, 1.82) is 0 Å². The van der Waals surface area contributed by atoms with Crippen LogP contribution in [0.5, 0.6) is 0 Å². The van der Waals surface area contributed by atoms with Gasteiger partial charge in [-0.25, -0.2) is 0 Å². The summed E-state index contributed by atoms with van der Waals surface area (Å²) < 4.78 is 0. The normalized spacial score (nSPS) is 15.5. The standard InChI is InChI=1S/C22H22ClN3/c1-17(21-8-4-6-18-5-2-3-7-22(18)21)24-26-15-13-25(14-16-26)20-11-9-19(23)10-12-20/h2-12H,13-16H2,1H3/b24-17+. The maximum Gasteiger partial charge on any atom is 0.0652 e. The molecule has 0 bridgehead atoms. The van der Waals surface area contributed by atoms with E-state index < -0.39 is 0 Å². The number of piperazine rings is 1. The molecule has 0 aliphatic carbocycles. The molecule has 3 aromatic carbocycles. The van der Waals surface area contributed by atoms with Gasteiger partial charge in [-0.1, -0.05) is 54.1 Å². The van der Waals surface area contributed by atoms with E-state index in [2.05, 4.69) is 71.4 Å². The first-order chi connectivity index (χ1) is 12.7. The molecule has 4 heteroatoms. The van der Waals surface area contributed by atoms with Crippen LogP contribution in [0.15, 0.2) is 71.8 Å². The summed E-state index contributed by atoms with van der Waals surface area (Å²) in [5.74, 6) is 0. The van der Waals surface area contributed by atoms with E-state index in [0.29, 0.717) is 0 Å². The van der Waals surface area contributed by atoms with Gasteiger partial charge >= 0.3 is 0 Å². The summed E-state index contributed by atoms with van der Waals surface area (Å²) in [5, 5.41) is 10.4. The van der Waals surface area contributed by atoms with Gasteiger partial charge in [-0.05, 0) is 42.0 Å². The zero-order chi connectivity index (χ0) is 17.9. The molecule has 0 amide bonds. The number of anilines is 1. The predicted molar refractivity (Wildman–Crippen MR) is 111 cm³/mol. The summed E-state index contributed by atoms with van der Waals surface area (Å²) in [4.78, 5) is 2.38. The summed E-state index contributed by atoms with van der Waals surface area (Å²) in [5.41, 5.74) is 3.51. The van der Waals surface area contributed by atoms with Crippen LogP contribution in [0.1, 0.15) is 12.5 Å². The second-order valence-electron chi connectivity index (χ2n) is 6.63. The highest BCUT2D eigenvalue weighted by Gasteiger charge is 2.16. The molecule has 3 aromatic rings. The van der Waals surface area contributed by atoms with Crippen LogP contribution in [-0.4, -0.2) is 36.9 Å². The fraction of sp³-hybridized carbons (Fsp3) is 0.227. The quantitative estimate of drug-likeness (QED) is 0.607. The molecule has 1 heterocycles. The third-order valence-electron chi connectivity index (χ3n) is 4.92. The monoisotopic (exact) mass is 363 g/mol. The third kappa shape index (κ3) is 3.54. The number of hydrazone groups is 1. The van der Waals surface area contributed by atoms with Crippen LogP contribution in [0, 0.1) is 0 Å². The first kappa shape index (κ1) is 16.9. The summed E-state index contributed by atoms with van der Waals surface area (Å²) in [6.45, 7) is 5.88. The Kier molecular flexibility index (Phi) is 4.81. The van der Waals surface area contributed by atoms with Crippen LogP contribution in [0.25, 0.3) is 10.8 Å². The second-order valence-corrected chi connectivity index (χ2v) is 7.07. The fourth-order valence-electron chi connectivity index (χ4n) is 3.51. The zero-order valence-electron chi connectivity index (χ0n) is 14.9. The van der Waals surface area contributed by atoms with Gasteiger partial charge in [0.15, 0.2) is 0 Å². The van der Waals surface area contributed by atoms with E-state index in [1.54, 1.807) is 0 Å². The number of halogens is 1. The van der Waals surface area contributed by atoms with Crippen molar-refractivity contribution < 1.29 is 0 Å². The largest absolute Gasteiger partial charge is 0.368 e.